The summed E-state index contributed by atoms with van der Waals surface area (Å²) in [6.45, 7) is 0.633. The fraction of sp³-hybridized carbons (Fsp3) is 0.368. The number of nitrogens with zero attached hydrogens (tertiary/aromatic N) is 2. The molecule has 1 atom stereocenters. The van der Waals surface area contributed by atoms with Gasteiger partial charge in [-0.3, -0.25) is 19.1 Å². The van der Waals surface area contributed by atoms with Crippen LogP contribution >= 0.6 is 11.8 Å². The molecule has 3 rings (SSSR count). The van der Waals surface area contributed by atoms with Crippen LogP contribution in [0, 0.1) is 0 Å². The molecule has 1 fully saturated rings. The molecule has 1 aromatic heterocycles. The highest BCUT2D eigenvalue weighted by molar-refractivity contribution is 8.00. The van der Waals surface area contributed by atoms with E-state index < -0.39 is 6.04 Å². The number of benzene rings is 1. The Bertz CT molecular complexity index is 824. The highest BCUT2D eigenvalue weighted by atomic mass is 32.2. The van der Waals surface area contributed by atoms with E-state index in [0.29, 0.717) is 18.7 Å². The number of aromatic nitrogens is 2. The van der Waals surface area contributed by atoms with Crippen LogP contribution < -0.4 is 16.0 Å². The number of amides is 3. The second-order valence-electron chi connectivity index (χ2n) is 6.48. The standard InChI is InChI=1S/C19H23N5O3S/c25-17(23-16-8-4-5-9-20-19(16)27)12-24-11-14(10-21-24)22-18(26)13-28-15-6-2-1-3-7-15/h1-3,6-7,10-11,16H,4-5,8-9,12-13H2,(H,20,27)(H,22,26)(H,23,25)/t16-/m0/s1. The van der Waals surface area contributed by atoms with E-state index in [4.69, 9.17) is 0 Å². The summed E-state index contributed by atoms with van der Waals surface area (Å²) in [6.07, 6.45) is 5.54. The molecule has 0 bridgehead atoms. The molecule has 1 saturated heterocycles. The van der Waals surface area contributed by atoms with E-state index in [0.717, 1.165) is 17.7 Å². The molecule has 0 unspecified atom stereocenters. The molecule has 0 spiro atoms. The molecule has 0 saturated carbocycles. The number of carbonyl (C=O) groups excluding carboxylic acids is 3. The summed E-state index contributed by atoms with van der Waals surface area (Å²) >= 11 is 1.45. The van der Waals surface area contributed by atoms with Gasteiger partial charge in [-0.15, -0.1) is 11.8 Å². The predicted octanol–water partition coefficient (Wildman–Crippen LogP) is 1.40. The molecular formula is C19H23N5O3S. The number of thioether (sulfide) groups is 1. The van der Waals surface area contributed by atoms with Gasteiger partial charge in [0.25, 0.3) is 0 Å². The molecule has 0 radical (unpaired) electrons. The van der Waals surface area contributed by atoms with Crippen molar-refractivity contribution in [1.82, 2.24) is 20.4 Å². The number of anilines is 1. The molecule has 9 heteroatoms. The maximum absolute atomic E-state index is 12.2. The molecular weight excluding hydrogens is 378 g/mol. The van der Waals surface area contributed by atoms with Gasteiger partial charge < -0.3 is 16.0 Å². The monoisotopic (exact) mass is 401 g/mol. The first kappa shape index (κ1) is 19.9. The average Bonchev–Trinajstić information content (AvgIpc) is 3.02. The third-order valence-electron chi connectivity index (χ3n) is 4.21. The van der Waals surface area contributed by atoms with Gasteiger partial charge in [0.05, 0.1) is 17.6 Å². The quantitative estimate of drug-likeness (QED) is 0.608. The highest BCUT2D eigenvalue weighted by Gasteiger charge is 2.22. The topological polar surface area (TPSA) is 105 Å². The van der Waals surface area contributed by atoms with Gasteiger partial charge in [0.1, 0.15) is 12.6 Å². The van der Waals surface area contributed by atoms with Gasteiger partial charge >= 0.3 is 0 Å². The number of nitrogens with one attached hydrogen (secondary N) is 3. The van der Waals surface area contributed by atoms with E-state index in [-0.39, 0.29) is 30.0 Å². The zero-order valence-electron chi connectivity index (χ0n) is 15.4. The van der Waals surface area contributed by atoms with Gasteiger partial charge in [0.2, 0.25) is 17.7 Å². The normalized spacial score (nSPS) is 16.7. The van der Waals surface area contributed by atoms with Crippen LogP contribution in [0.15, 0.2) is 47.6 Å². The van der Waals surface area contributed by atoms with Crippen molar-refractivity contribution < 1.29 is 14.4 Å². The summed E-state index contributed by atoms with van der Waals surface area (Å²) < 4.78 is 1.43. The van der Waals surface area contributed by atoms with Gasteiger partial charge in [-0.25, -0.2) is 0 Å². The molecule has 2 aromatic rings. The predicted molar refractivity (Wildman–Crippen MR) is 107 cm³/mol. The SMILES string of the molecule is O=C(CSc1ccccc1)Nc1cnn(CC(=O)N[C@H]2CCCCNC2=O)c1. The van der Waals surface area contributed by atoms with Crippen molar-refractivity contribution in [3.05, 3.63) is 42.7 Å². The molecule has 1 aromatic carbocycles. The first-order valence-corrected chi connectivity index (χ1v) is 10.2. The lowest BCUT2D eigenvalue weighted by Gasteiger charge is -2.15. The number of rotatable bonds is 7. The van der Waals surface area contributed by atoms with Gasteiger partial charge in [0, 0.05) is 17.6 Å². The Morgan fingerprint density at radius 3 is 2.86 bits per heavy atom. The summed E-state index contributed by atoms with van der Waals surface area (Å²) in [4.78, 5) is 37.2. The molecule has 8 nitrogen and oxygen atoms in total. The second-order valence-corrected chi connectivity index (χ2v) is 7.53. The van der Waals surface area contributed by atoms with Crippen molar-refractivity contribution in [2.45, 2.75) is 36.7 Å². The molecule has 2 heterocycles. The fourth-order valence-corrected chi connectivity index (χ4v) is 3.56. The van der Waals surface area contributed by atoms with E-state index >= 15 is 0 Å². The van der Waals surface area contributed by atoms with Crippen LogP contribution in [-0.4, -0.2) is 45.8 Å². The molecule has 148 valence electrons. The zero-order chi connectivity index (χ0) is 19.8. The summed E-state index contributed by atoms with van der Waals surface area (Å²) in [5.41, 5.74) is 0.527. The average molecular weight is 401 g/mol. The molecule has 1 aliphatic heterocycles. The summed E-state index contributed by atoms with van der Waals surface area (Å²) in [6, 6.07) is 9.17. The number of hydrogen-bond acceptors (Lipinski definition) is 5. The summed E-state index contributed by atoms with van der Waals surface area (Å²) in [7, 11) is 0. The van der Waals surface area contributed by atoms with E-state index in [1.54, 1.807) is 6.20 Å². The van der Waals surface area contributed by atoms with E-state index in [1.807, 2.05) is 30.3 Å². The van der Waals surface area contributed by atoms with Crippen molar-refractivity contribution in [3.63, 3.8) is 0 Å². The lowest BCUT2D eigenvalue weighted by molar-refractivity contribution is -0.129. The Morgan fingerprint density at radius 1 is 1.21 bits per heavy atom. The van der Waals surface area contributed by atoms with Crippen molar-refractivity contribution in [2.24, 2.45) is 0 Å². The van der Waals surface area contributed by atoms with Crippen LogP contribution in [0.5, 0.6) is 0 Å². The Hall–Kier alpha value is -2.81. The van der Waals surface area contributed by atoms with Gasteiger partial charge in [-0.2, -0.15) is 5.10 Å². The highest BCUT2D eigenvalue weighted by Crippen LogP contribution is 2.17. The number of carbonyl (C=O) groups is 3. The van der Waals surface area contributed by atoms with Crippen LogP contribution in [-0.2, 0) is 20.9 Å². The second kappa shape index (κ2) is 9.93. The lowest BCUT2D eigenvalue weighted by Crippen LogP contribution is -2.46. The Kier molecular flexibility index (Phi) is 7.07. The number of hydrogen-bond donors (Lipinski definition) is 3. The fourth-order valence-electron chi connectivity index (χ4n) is 2.84. The lowest BCUT2D eigenvalue weighted by atomic mass is 10.1. The van der Waals surface area contributed by atoms with Crippen LogP contribution in [0.4, 0.5) is 5.69 Å². The Balaban J connectivity index is 1.44. The minimum atomic E-state index is -0.500. The summed E-state index contributed by atoms with van der Waals surface area (Å²) in [5.74, 6) is -0.294. The first-order valence-electron chi connectivity index (χ1n) is 9.17. The van der Waals surface area contributed by atoms with Gasteiger partial charge in [0.15, 0.2) is 0 Å². The minimum absolute atomic E-state index is 0.0155. The molecule has 1 aliphatic rings. The van der Waals surface area contributed by atoms with Gasteiger partial charge in [-0.05, 0) is 31.4 Å². The molecule has 3 N–H and O–H groups in total. The van der Waals surface area contributed by atoms with Crippen LogP contribution in [0.1, 0.15) is 19.3 Å². The molecule has 0 aliphatic carbocycles. The maximum Gasteiger partial charge on any atom is 0.242 e. The van der Waals surface area contributed by atoms with Crippen molar-refractivity contribution >= 4 is 35.2 Å². The van der Waals surface area contributed by atoms with Crippen LogP contribution in [0.25, 0.3) is 0 Å². The zero-order valence-corrected chi connectivity index (χ0v) is 16.2. The Morgan fingerprint density at radius 2 is 2.04 bits per heavy atom. The molecule has 28 heavy (non-hydrogen) atoms. The molecule has 3 amide bonds. The first-order chi connectivity index (χ1) is 13.6. The van der Waals surface area contributed by atoms with Crippen LogP contribution in [0.2, 0.25) is 0 Å². The van der Waals surface area contributed by atoms with E-state index in [2.05, 4.69) is 21.0 Å². The summed E-state index contributed by atoms with van der Waals surface area (Å²) in [5, 5.41) is 12.4. The Labute approximate surface area is 167 Å². The largest absolute Gasteiger partial charge is 0.354 e. The van der Waals surface area contributed by atoms with Crippen molar-refractivity contribution in [2.75, 3.05) is 17.6 Å². The minimum Gasteiger partial charge on any atom is -0.354 e. The van der Waals surface area contributed by atoms with E-state index in [9.17, 15) is 14.4 Å². The third kappa shape index (κ3) is 6.12. The maximum atomic E-state index is 12.2. The van der Waals surface area contributed by atoms with Crippen molar-refractivity contribution in [3.8, 4) is 0 Å². The smallest absolute Gasteiger partial charge is 0.242 e. The third-order valence-corrected chi connectivity index (χ3v) is 5.22. The van der Waals surface area contributed by atoms with Gasteiger partial charge in [-0.1, -0.05) is 18.2 Å². The van der Waals surface area contributed by atoms with Crippen LogP contribution in [0.3, 0.4) is 0 Å². The van der Waals surface area contributed by atoms with Crippen molar-refractivity contribution in [1.29, 1.82) is 0 Å². The van der Waals surface area contributed by atoms with E-state index in [1.165, 1.54) is 22.6 Å².